The third-order valence-electron chi connectivity index (χ3n) is 5.52. The minimum Gasteiger partial charge on any atom is -0.390 e. The number of piperidine rings is 1. The van der Waals surface area contributed by atoms with Gasteiger partial charge in [-0.1, -0.05) is 42.5 Å². The molecule has 0 spiro atoms. The molecule has 156 valence electrons. The molecule has 2 aromatic rings. The molecule has 1 saturated heterocycles. The first-order valence-electron chi connectivity index (χ1n) is 10.1. The molecule has 0 radical (unpaired) electrons. The number of rotatable bonds is 8. The van der Waals surface area contributed by atoms with Crippen LogP contribution in [0.1, 0.15) is 24.0 Å². The van der Waals surface area contributed by atoms with Gasteiger partial charge < -0.3 is 20.4 Å². The normalized spacial score (nSPS) is 21.9. The summed E-state index contributed by atoms with van der Waals surface area (Å²) in [6, 6.07) is 16.1. The van der Waals surface area contributed by atoms with Crippen molar-refractivity contribution in [3.63, 3.8) is 0 Å². The van der Waals surface area contributed by atoms with Gasteiger partial charge in [-0.05, 0) is 49.1 Å². The molecule has 0 bridgehead atoms. The maximum absolute atomic E-state index is 13.0. The lowest BCUT2D eigenvalue weighted by Gasteiger charge is -2.43. The molecular formula is C23H29FN2O3. The fourth-order valence-corrected chi connectivity index (χ4v) is 3.69. The number of aliphatic hydroxyl groups is 2. The van der Waals surface area contributed by atoms with E-state index < -0.39 is 11.7 Å². The van der Waals surface area contributed by atoms with Crippen molar-refractivity contribution in [3.8, 4) is 0 Å². The first-order chi connectivity index (χ1) is 14.0. The van der Waals surface area contributed by atoms with Gasteiger partial charge in [-0.3, -0.25) is 4.79 Å². The molecule has 29 heavy (non-hydrogen) atoms. The van der Waals surface area contributed by atoms with E-state index in [2.05, 4.69) is 5.32 Å². The number of nitrogens with one attached hydrogen (secondary N) is 1. The number of carbonyl (C=O) groups excluding carboxylic acids is 1. The Morgan fingerprint density at radius 3 is 2.52 bits per heavy atom. The van der Waals surface area contributed by atoms with Crippen molar-refractivity contribution in [2.45, 2.75) is 37.4 Å². The summed E-state index contributed by atoms with van der Waals surface area (Å²) < 4.78 is 13.0. The first kappa shape index (κ1) is 21.4. The van der Waals surface area contributed by atoms with Crippen molar-refractivity contribution in [2.24, 2.45) is 0 Å². The predicted octanol–water partition coefficient (Wildman–Crippen LogP) is 1.91. The highest BCUT2D eigenvalue weighted by Crippen LogP contribution is 2.22. The quantitative estimate of drug-likeness (QED) is 0.592. The van der Waals surface area contributed by atoms with E-state index in [4.69, 9.17) is 0 Å². The summed E-state index contributed by atoms with van der Waals surface area (Å²) in [5.74, 6) is -0.274. The summed E-state index contributed by atoms with van der Waals surface area (Å²) in [5, 5.41) is 24.4. The third-order valence-corrected chi connectivity index (χ3v) is 5.52. The van der Waals surface area contributed by atoms with Gasteiger partial charge in [0.25, 0.3) is 0 Å². The van der Waals surface area contributed by atoms with Crippen LogP contribution in [0.2, 0.25) is 0 Å². The molecule has 1 heterocycles. The number of likely N-dealkylation sites (tertiary alicyclic amines) is 1. The number of benzene rings is 2. The summed E-state index contributed by atoms with van der Waals surface area (Å²) in [5.41, 5.74) is 0.729. The number of nitrogens with zero attached hydrogens (tertiary/aromatic N) is 1. The van der Waals surface area contributed by atoms with Crippen LogP contribution in [0.5, 0.6) is 0 Å². The van der Waals surface area contributed by atoms with Crippen LogP contribution in [0.3, 0.4) is 0 Å². The van der Waals surface area contributed by atoms with E-state index in [0.717, 1.165) is 11.1 Å². The van der Waals surface area contributed by atoms with Crippen LogP contribution in [-0.2, 0) is 17.6 Å². The highest BCUT2D eigenvalue weighted by molar-refractivity contribution is 5.76. The van der Waals surface area contributed by atoms with E-state index >= 15 is 0 Å². The van der Waals surface area contributed by atoms with Crippen molar-refractivity contribution < 1.29 is 19.4 Å². The molecule has 3 N–H and O–H groups in total. The van der Waals surface area contributed by atoms with E-state index in [1.54, 1.807) is 17.0 Å². The molecule has 0 saturated carbocycles. The lowest BCUT2D eigenvalue weighted by atomic mass is 9.89. The van der Waals surface area contributed by atoms with Gasteiger partial charge in [-0.2, -0.15) is 0 Å². The number of β-amino-alcohol motifs (C(OH)–C–C–N with tert-alkyl or cyclic N) is 1. The van der Waals surface area contributed by atoms with Crippen LogP contribution in [0.15, 0.2) is 54.6 Å². The molecular weight excluding hydrogens is 371 g/mol. The number of hydrogen-bond donors (Lipinski definition) is 3. The molecule has 2 atom stereocenters. The number of aliphatic hydroxyl groups excluding tert-OH is 1. The molecule has 1 aliphatic rings. The number of halogens is 1. The number of amides is 1. The zero-order chi connectivity index (χ0) is 20.7. The van der Waals surface area contributed by atoms with Gasteiger partial charge in [0.1, 0.15) is 11.4 Å². The van der Waals surface area contributed by atoms with Crippen molar-refractivity contribution in [1.29, 1.82) is 0 Å². The molecule has 1 aliphatic heterocycles. The maximum Gasteiger partial charge on any atom is 0.223 e. The second-order valence-electron chi connectivity index (χ2n) is 7.76. The average molecular weight is 400 g/mol. The minimum absolute atomic E-state index is 0.00881. The third kappa shape index (κ3) is 6.10. The fourth-order valence-electron chi connectivity index (χ4n) is 3.69. The zero-order valence-corrected chi connectivity index (χ0v) is 16.6. The van der Waals surface area contributed by atoms with E-state index in [1.807, 2.05) is 30.3 Å². The Kier molecular flexibility index (Phi) is 7.36. The lowest BCUT2D eigenvalue weighted by Crippen LogP contribution is -2.62. The number of aryl methyl sites for hydroxylation is 1. The largest absolute Gasteiger partial charge is 0.390 e. The SMILES string of the molecule is O=C(CCc1ccccc1)N1CC[C@H](O)[C@@](O)(CNCCc2ccc(F)cc2)C1. The van der Waals surface area contributed by atoms with Gasteiger partial charge in [-0.15, -0.1) is 0 Å². The van der Waals surface area contributed by atoms with Gasteiger partial charge >= 0.3 is 0 Å². The fraction of sp³-hybridized carbons (Fsp3) is 0.435. The van der Waals surface area contributed by atoms with Gasteiger partial charge in [0.05, 0.1) is 12.6 Å². The molecule has 0 aliphatic carbocycles. The van der Waals surface area contributed by atoms with Crippen LogP contribution >= 0.6 is 0 Å². The van der Waals surface area contributed by atoms with Crippen molar-refractivity contribution in [3.05, 3.63) is 71.5 Å². The van der Waals surface area contributed by atoms with E-state index in [0.29, 0.717) is 38.8 Å². The summed E-state index contributed by atoms with van der Waals surface area (Å²) in [7, 11) is 0. The molecule has 5 nitrogen and oxygen atoms in total. The van der Waals surface area contributed by atoms with Gasteiger partial charge in [0.2, 0.25) is 5.91 Å². The van der Waals surface area contributed by atoms with Crippen LogP contribution in [-0.4, -0.2) is 58.9 Å². The van der Waals surface area contributed by atoms with Crippen molar-refractivity contribution >= 4 is 5.91 Å². The van der Waals surface area contributed by atoms with Gasteiger partial charge in [0, 0.05) is 19.5 Å². The summed E-state index contributed by atoms with van der Waals surface area (Å²) >= 11 is 0. The molecule has 1 fully saturated rings. The Morgan fingerprint density at radius 1 is 1.10 bits per heavy atom. The Labute approximate surface area is 171 Å². The first-order valence-corrected chi connectivity index (χ1v) is 10.1. The van der Waals surface area contributed by atoms with Crippen molar-refractivity contribution in [1.82, 2.24) is 10.2 Å². The highest BCUT2D eigenvalue weighted by Gasteiger charge is 2.41. The van der Waals surface area contributed by atoms with E-state index in [9.17, 15) is 19.4 Å². The van der Waals surface area contributed by atoms with Gasteiger partial charge in [-0.25, -0.2) is 4.39 Å². The molecule has 6 heteroatoms. The second kappa shape index (κ2) is 9.96. The smallest absolute Gasteiger partial charge is 0.223 e. The Bertz CT molecular complexity index is 784. The molecule has 1 amide bonds. The van der Waals surface area contributed by atoms with E-state index in [1.165, 1.54) is 12.1 Å². The maximum atomic E-state index is 13.0. The monoisotopic (exact) mass is 400 g/mol. The van der Waals surface area contributed by atoms with Crippen molar-refractivity contribution in [2.75, 3.05) is 26.2 Å². The topological polar surface area (TPSA) is 72.8 Å². The Balaban J connectivity index is 1.47. The average Bonchev–Trinajstić information content (AvgIpc) is 2.73. The number of hydrogen-bond acceptors (Lipinski definition) is 4. The second-order valence-corrected chi connectivity index (χ2v) is 7.76. The Hall–Kier alpha value is -2.28. The van der Waals surface area contributed by atoms with E-state index in [-0.39, 0.29) is 24.8 Å². The summed E-state index contributed by atoms with van der Waals surface area (Å²) in [6.07, 6.45) is 1.21. The van der Waals surface area contributed by atoms with Crippen LogP contribution in [0, 0.1) is 5.82 Å². The summed E-state index contributed by atoms with van der Waals surface area (Å²) in [4.78, 5) is 14.2. The molecule has 0 unspecified atom stereocenters. The highest BCUT2D eigenvalue weighted by atomic mass is 19.1. The molecule has 0 aromatic heterocycles. The predicted molar refractivity (Wildman–Crippen MR) is 110 cm³/mol. The standard InChI is InChI=1S/C23H29FN2O3/c24-20-9-6-19(7-10-20)12-14-25-16-23(29)17-26(15-13-21(23)27)22(28)11-8-18-4-2-1-3-5-18/h1-7,9-10,21,25,27,29H,8,11-17H2/t21-,23+/m0/s1. The number of carbonyl (C=O) groups is 1. The molecule has 2 aromatic carbocycles. The molecule has 3 rings (SSSR count). The Morgan fingerprint density at radius 2 is 1.79 bits per heavy atom. The van der Waals surface area contributed by atoms with Crippen LogP contribution < -0.4 is 5.32 Å². The van der Waals surface area contributed by atoms with Crippen LogP contribution in [0.25, 0.3) is 0 Å². The zero-order valence-electron chi connectivity index (χ0n) is 16.6. The lowest BCUT2D eigenvalue weighted by molar-refractivity contribution is -0.150. The van der Waals surface area contributed by atoms with Crippen LogP contribution in [0.4, 0.5) is 4.39 Å². The minimum atomic E-state index is -1.37. The summed E-state index contributed by atoms with van der Waals surface area (Å²) in [6.45, 7) is 1.35. The van der Waals surface area contributed by atoms with Gasteiger partial charge in [0.15, 0.2) is 0 Å².